The molecule has 2 aliphatic rings. The summed E-state index contributed by atoms with van der Waals surface area (Å²) in [5, 5.41) is 6.45. The predicted octanol–water partition coefficient (Wildman–Crippen LogP) is 8.91. The van der Waals surface area contributed by atoms with Crippen LogP contribution in [0.25, 0.3) is 22.4 Å². The lowest BCUT2D eigenvalue weighted by atomic mass is 9.68. The van der Waals surface area contributed by atoms with Gasteiger partial charge in [-0.3, -0.25) is 9.59 Å². The van der Waals surface area contributed by atoms with Crippen LogP contribution in [-0.2, 0) is 20.4 Å². The Balaban J connectivity index is 1.07. The Hall–Kier alpha value is -4.71. The van der Waals surface area contributed by atoms with Crippen LogP contribution in [0.4, 0.5) is 11.4 Å². The summed E-state index contributed by atoms with van der Waals surface area (Å²) in [7, 11) is 0. The third-order valence-electron chi connectivity index (χ3n) is 10.1. The summed E-state index contributed by atoms with van der Waals surface area (Å²) in [5.74, 6) is 0.876. The topological polar surface area (TPSA) is 86.9 Å². The van der Waals surface area contributed by atoms with E-state index in [4.69, 9.17) is 4.98 Å². The van der Waals surface area contributed by atoms with E-state index in [-0.39, 0.29) is 11.8 Å². The molecule has 3 N–H and O–H groups in total. The van der Waals surface area contributed by atoms with Crippen molar-refractivity contribution in [3.8, 4) is 11.4 Å². The molecule has 2 aliphatic carbocycles. The number of hydrogen-bond donors (Lipinski definition) is 3. The number of aromatic amines is 1. The average Bonchev–Trinajstić information content (AvgIpc) is 3.53. The molecule has 0 unspecified atom stereocenters. The molecule has 1 heterocycles. The van der Waals surface area contributed by atoms with E-state index in [0.29, 0.717) is 0 Å². The molecule has 228 valence electrons. The minimum atomic E-state index is -0.498. The Morgan fingerprint density at radius 1 is 0.578 bits per heavy atom. The molecule has 0 radical (unpaired) electrons. The monoisotopic (exact) mass is 596 g/mol. The fourth-order valence-corrected chi connectivity index (χ4v) is 7.56. The molecule has 6 nitrogen and oxygen atoms in total. The van der Waals surface area contributed by atoms with Crippen molar-refractivity contribution in [3.63, 3.8) is 0 Å². The van der Waals surface area contributed by atoms with Crippen LogP contribution < -0.4 is 10.6 Å². The standard InChI is InChI=1S/C39H40N4O2/c44-36(38(23-9-3-10-24-38)29-13-5-1-6-14-29)40-31-19-17-28(18-20-31)35-42-33-22-21-32(27-34(33)43-35)41-37(45)39(25-11-4-12-26-39)30-15-7-2-8-16-30/h1-2,5-8,13-22,27H,3-4,9-12,23-26H2,(H,40,44)(H,41,45)(H,42,43). The van der Waals surface area contributed by atoms with Crippen LogP contribution in [0.2, 0.25) is 0 Å². The second-order valence-corrected chi connectivity index (χ2v) is 12.8. The van der Waals surface area contributed by atoms with Crippen molar-refractivity contribution < 1.29 is 9.59 Å². The molecule has 7 rings (SSSR count). The molecule has 2 fully saturated rings. The molecular weight excluding hydrogens is 556 g/mol. The molecule has 0 aliphatic heterocycles. The molecule has 2 amide bonds. The summed E-state index contributed by atoms with van der Waals surface area (Å²) in [4.78, 5) is 35.8. The number of hydrogen-bond acceptors (Lipinski definition) is 3. The van der Waals surface area contributed by atoms with Gasteiger partial charge in [0.2, 0.25) is 11.8 Å². The van der Waals surface area contributed by atoms with Gasteiger partial charge in [-0.05, 0) is 79.3 Å². The highest BCUT2D eigenvalue weighted by molar-refractivity contribution is 6.01. The molecule has 6 heteroatoms. The maximum absolute atomic E-state index is 13.8. The molecular formula is C39H40N4O2. The molecule has 0 bridgehead atoms. The number of H-pyrrole nitrogens is 1. The highest BCUT2D eigenvalue weighted by atomic mass is 16.2. The first-order chi connectivity index (χ1) is 22.1. The van der Waals surface area contributed by atoms with Crippen LogP contribution in [0.3, 0.4) is 0 Å². The molecule has 2 saturated carbocycles. The van der Waals surface area contributed by atoms with Crippen LogP contribution in [0, 0.1) is 0 Å². The zero-order valence-corrected chi connectivity index (χ0v) is 25.6. The van der Waals surface area contributed by atoms with Gasteiger partial charge in [0.1, 0.15) is 5.82 Å². The van der Waals surface area contributed by atoms with E-state index in [2.05, 4.69) is 39.9 Å². The first-order valence-electron chi connectivity index (χ1n) is 16.4. The van der Waals surface area contributed by atoms with E-state index < -0.39 is 10.8 Å². The van der Waals surface area contributed by atoms with Crippen LogP contribution >= 0.6 is 0 Å². The molecule has 5 aromatic rings. The molecule has 45 heavy (non-hydrogen) atoms. The van der Waals surface area contributed by atoms with Gasteiger partial charge in [0.25, 0.3) is 0 Å². The van der Waals surface area contributed by atoms with Crippen LogP contribution in [0.15, 0.2) is 103 Å². The highest BCUT2D eigenvalue weighted by Gasteiger charge is 2.42. The Bertz CT molecular complexity index is 1780. The summed E-state index contributed by atoms with van der Waals surface area (Å²) in [5.41, 5.74) is 5.38. The van der Waals surface area contributed by atoms with Crippen LogP contribution in [0.1, 0.15) is 75.3 Å². The van der Waals surface area contributed by atoms with Gasteiger partial charge in [-0.15, -0.1) is 0 Å². The van der Waals surface area contributed by atoms with Crippen molar-refractivity contribution in [2.45, 2.75) is 75.0 Å². The maximum atomic E-state index is 13.8. The first-order valence-corrected chi connectivity index (χ1v) is 16.4. The van der Waals surface area contributed by atoms with Crippen molar-refractivity contribution >= 4 is 34.2 Å². The summed E-state index contributed by atoms with van der Waals surface area (Å²) >= 11 is 0. The number of imidazole rings is 1. The number of carbonyl (C=O) groups excluding carboxylic acids is 2. The molecule has 0 saturated heterocycles. The highest BCUT2D eigenvalue weighted by Crippen LogP contribution is 2.42. The van der Waals surface area contributed by atoms with Crippen LogP contribution in [-0.4, -0.2) is 21.8 Å². The zero-order chi connectivity index (χ0) is 30.7. The van der Waals surface area contributed by atoms with Gasteiger partial charge < -0.3 is 15.6 Å². The number of benzene rings is 4. The smallest absolute Gasteiger partial charge is 0.235 e. The number of anilines is 2. The second-order valence-electron chi connectivity index (χ2n) is 12.8. The van der Waals surface area contributed by atoms with Gasteiger partial charge in [0, 0.05) is 16.9 Å². The third kappa shape index (κ3) is 5.66. The molecule has 4 aromatic carbocycles. The van der Waals surface area contributed by atoms with Crippen molar-refractivity contribution in [3.05, 3.63) is 114 Å². The second kappa shape index (κ2) is 12.4. The minimum absolute atomic E-state index is 0.0624. The number of nitrogens with zero attached hydrogens (tertiary/aromatic N) is 1. The Morgan fingerprint density at radius 3 is 1.60 bits per heavy atom. The predicted molar refractivity (Wildman–Crippen MR) is 181 cm³/mol. The van der Waals surface area contributed by atoms with Gasteiger partial charge in [0.15, 0.2) is 0 Å². The van der Waals surface area contributed by atoms with Gasteiger partial charge >= 0.3 is 0 Å². The van der Waals surface area contributed by atoms with E-state index in [9.17, 15) is 9.59 Å². The Kier molecular flexibility index (Phi) is 7.97. The lowest BCUT2D eigenvalue weighted by Crippen LogP contribution is -2.42. The largest absolute Gasteiger partial charge is 0.338 e. The van der Waals surface area contributed by atoms with E-state index in [1.807, 2.05) is 78.9 Å². The fraction of sp³-hybridized carbons (Fsp3) is 0.308. The molecule has 0 atom stereocenters. The van der Waals surface area contributed by atoms with Gasteiger partial charge in [-0.1, -0.05) is 99.2 Å². The Labute approximate surface area is 264 Å². The van der Waals surface area contributed by atoms with E-state index in [1.165, 1.54) is 12.8 Å². The SMILES string of the molecule is O=C(Nc1ccc(-c2nc3ccc(NC(=O)C4(c5ccccc5)CCCCC4)cc3[nH]2)cc1)C1(c2ccccc2)CCCCC1. The van der Waals surface area contributed by atoms with Gasteiger partial charge in [0.05, 0.1) is 21.9 Å². The van der Waals surface area contributed by atoms with E-state index in [0.717, 1.165) is 96.3 Å². The summed E-state index contributed by atoms with van der Waals surface area (Å²) in [6.45, 7) is 0. The quantitative estimate of drug-likeness (QED) is 0.175. The van der Waals surface area contributed by atoms with E-state index in [1.54, 1.807) is 0 Å². The van der Waals surface area contributed by atoms with Crippen molar-refractivity contribution in [2.24, 2.45) is 0 Å². The van der Waals surface area contributed by atoms with Gasteiger partial charge in [-0.2, -0.15) is 0 Å². The number of amides is 2. The van der Waals surface area contributed by atoms with Crippen molar-refractivity contribution in [1.29, 1.82) is 0 Å². The van der Waals surface area contributed by atoms with Crippen LogP contribution in [0.5, 0.6) is 0 Å². The number of aromatic nitrogens is 2. The number of carbonyl (C=O) groups is 2. The number of nitrogens with one attached hydrogen (secondary N) is 3. The fourth-order valence-electron chi connectivity index (χ4n) is 7.56. The molecule has 0 spiro atoms. The van der Waals surface area contributed by atoms with Gasteiger partial charge in [-0.25, -0.2) is 4.98 Å². The lowest BCUT2D eigenvalue weighted by Gasteiger charge is -2.36. The van der Waals surface area contributed by atoms with Crippen molar-refractivity contribution in [2.75, 3.05) is 10.6 Å². The van der Waals surface area contributed by atoms with E-state index >= 15 is 0 Å². The average molecular weight is 597 g/mol. The normalized spacial score (nSPS) is 17.4. The minimum Gasteiger partial charge on any atom is -0.338 e. The Morgan fingerprint density at radius 2 is 1.07 bits per heavy atom. The first kappa shape index (κ1) is 29.0. The number of fused-ring (bicyclic) bond motifs is 1. The third-order valence-corrected chi connectivity index (χ3v) is 10.1. The maximum Gasteiger partial charge on any atom is 0.235 e. The summed E-state index contributed by atoms with van der Waals surface area (Å²) < 4.78 is 0. The zero-order valence-electron chi connectivity index (χ0n) is 25.6. The lowest BCUT2D eigenvalue weighted by molar-refractivity contribution is -0.123. The summed E-state index contributed by atoms with van der Waals surface area (Å²) in [6, 6.07) is 34.2. The summed E-state index contributed by atoms with van der Waals surface area (Å²) in [6.07, 6.45) is 10.1. The number of rotatable bonds is 7. The molecule has 1 aromatic heterocycles. The van der Waals surface area contributed by atoms with Crippen molar-refractivity contribution in [1.82, 2.24) is 9.97 Å².